The van der Waals surface area contributed by atoms with Crippen LogP contribution in [0.25, 0.3) is 0 Å². The first-order valence-electron chi connectivity index (χ1n) is 5.46. The fraction of sp³-hybridized carbons (Fsp3) is 0.636. The molecular formula is C11H19N3OS. The van der Waals surface area contributed by atoms with E-state index in [1.54, 1.807) is 11.3 Å². The SMILES string of the molecule is Cc1nc(NCCC(=O)NC(C)C)sc1C. The Balaban J connectivity index is 2.28. The van der Waals surface area contributed by atoms with Gasteiger partial charge in [-0.05, 0) is 27.7 Å². The van der Waals surface area contributed by atoms with Gasteiger partial charge in [-0.25, -0.2) is 4.98 Å². The number of hydrogen-bond donors (Lipinski definition) is 2. The van der Waals surface area contributed by atoms with E-state index in [4.69, 9.17) is 0 Å². The van der Waals surface area contributed by atoms with Crippen LogP contribution in [-0.2, 0) is 4.79 Å². The van der Waals surface area contributed by atoms with Crippen LogP contribution in [0.4, 0.5) is 5.13 Å². The lowest BCUT2D eigenvalue weighted by Gasteiger charge is -2.08. The molecule has 0 saturated heterocycles. The van der Waals surface area contributed by atoms with Crippen LogP contribution in [0.5, 0.6) is 0 Å². The van der Waals surface area contributed by atoms with E-state index in [2.05, 4.69) is 15.6 Å². The van der Waals surface area contributed by atoms with Crippen molar-refractivity contribution >= 4 is 22.4 Å². The van der Waals surface area contributed by atoms with Gasteiger partial charge in [-0.2, -0.15) is 0 Å². The highest BCUT2D eigenvalue weighted by molar-refractivity contribution is 7.15. The van der Waals surface area contributed by atoms with Gasteiger partial charge in [0.05, 0.1) is 5.69 Å². The number of hydrogen-bond acceptors (Lipinski definition) is 4. The zero-order valence-corrected chi connectivity index (χ0v) is 11.1. The highest BCUT2D eigenvalue weighted by Gasteiger charge is 2.05. The standard InChI is InChI=1S/C11H19N3OS/c1-7(2)13-10(15)5-6-12-11-14-8(3)9(4)16-11/h7H,5-6H2,1-4H3,(H,12,14)(H,13,15). The van der Waals surface area contributed by atoms with E-state index in [1.165, 1.54) is 4.88 Å². The number of nitrogens with one attached hydrogen (secondary N) is 2. The van der Waals surface area contributed by atoms with Crippen molar-refractivity contribution in [3.8, 4) is 0 Å². The zero-order chi connectivity index (χ0) is 12.1. The van der Waals surface area contributed by atoms with Crippen molar-refractivity contribution in [2.24, 2.45) is 0 Å². The second kappa shape index (κ2) is 5.84. The Kier molecular flexibility index (Phi) is 4.73. The Morgan fingerprint density at radius 1 is 1.44 bits per heavy atom. The predicted octanol–water partition coefficient (Wildman–Crippen LogP) is 2.09. The lowest BCUT2D eigenvalue weighted by Crippen LogP contribution is -2.31. The summed E-state index contributed by atoms with van der Waals surface area (Å²) >= 11 is 1.63. The molecule has 5 heteroatoms. The second-order valence-corrected chi connectivity index (χ2v) is 5.26. The molecule has 1 heterocycles. The number of anilines is 1. The van der Waals surface area contributed by atoms with Gasteiger partial charge in [0.15, 0.2) is 5.13 Å². The minimum atomic E-state index is 0.0764. The third-order valence-electron chi connectivity index (χ3n) is 2.11. The van der Waals surface area contributed by atoms with Crippen molar-refractivity contribution in [3.63, 3.8) is 0 Å². The molecule has 16 heavy (non-hydrogen) atoms. The minimum absolute atomic E-state index is 0.0764. The smallest absolute Gasteiger partial charge is 0.221 e. The largest absolute Gasteiger partial charge is 0.361 e. The molecule has 0 aliphatic carbocycles. The lowest BCUT2D eigenvalue weighted by molar-refractivity contribution is -0.121. The molecule has 0 radical (unpaired) electrons. The quantitative estimate of drug-likeness (QED) is 0.830. The summed E-state index contributed by atoms with van der Waals surface area (Å²) in [7, 11) is 0. The summed E-state index contributed by atoms with van der Waals surface area (Å²) in [6.07, 6.45) is 0.482. The van der Waals surface area contributed by atoms with Gasteiger partial charge < -0.3 is 10.6 Å². The Bertz CT molecular complexity index is 341. The number of aromatic nitrogens is 1. The van der Waals surface area contributed by atoms with E-state index in [1.807, 2.05) is 27.7 Å². The highest BCUT2D eigenvalue weighted by Crippen LogP contribution is 2.20. The van der Waals surface area contributed by atoms with Crippen LogP contribution in [0, 0.1) is 13.8 Å². The van der Waals surface area contributed by atoms with E-state index in [0.717, 1.165) is 10.8 Å². The van der Waals surface area contributed by atoms with Gasteiger partial charge in [-0.15, -0.1) is 11.3 Å². The van der Waals surface area contributed by atoms with Crippen molar-refractivity contribution in [3.05, 3.63) is 10.6 Å². The molecule has 2 N–H and O–H groups in total. The van der Waals surface area contributed by atoms with Crippen LogP contribution in [-0.4, -0.2) is 23.5 Å². The molecule has 0 aliphatic heterocycles. The maximum atomic E-state index is 11.3. The first-order chi connectivity index (χ1) is 7.49. The van der Waals surface area contributed by atoms with Gasteiger partial charge in [0, 0.05) is 23.9 Å². The van der Waals surface area contributed by atoms with E-state index in [9.17, 15) is 4.79 Å². The molecule has 1 amide bonds. The van der Waals surface area contributed by atoms with Gasteiger partial charge in [0.25, 0.3) is 0 Å². The number of carbonyl (C=O) groups excluding carboxylic acids is 1. The zero-order valence-electron chi connectivity index (χ0n) is 10.3. The minimum Gasteiger partial charge on any atom is -0.361 e. The van der Waals surface area contributed by atoms with Gasteiger partial charge in [0.2, 0.25) is 5.91 Å². The van der Waals surface area contributed by atoms with Crippen molar-refractivity contribution in [2.45, 2.75) is 40.2 Å². The average Bonchev–Trinajstić information content (AvgIpc) is 2.44. The van der Waals surface area contributed by atoms with Crippen LogP contribution >= 0.6 is 11.3 Å². The monoisotopic (exact) mass is 241 g/mol. The molecule has 0 saturated carbocycles. The second-order valence-electron chi connectivity index (χ2n) is 4.06. The Hall–Kier alpha value is -1.10. The molecule has 1 aromatic heterocycles. The molecule has 90 valence electrons. The molecule has 0 unspecified atom stereocenters. The third-order valence-corrected chi connectivity index (χ3v) is 3.14. The van der Waals surface area contributed by atoms with Crippen LogP contribution in [0.3, 0.4) is 0 Å². The predicted molar refractivity (Wildman–Crippen MR) is 68.0 cm³/mol. The summed E-state index contributed by atoms with van der Waals surface area (Å²) in [5, 5.41) is 6.90. The lowest BCUT2D eigenvalue weighted by atomic mass is 10.3. The normalized spacial score (nSPS) is 10.6. The van der Waals surface area contributed by atoms with E-state index in [0.29, 0.717) is 13.0 Å². The van der Waals surface area contributed by atoms with Gasteiger partial charge in [-0.1, -0.05) is 0 Å². The number of carbonyl (C=O) groups is 1. The molecule has 1 aromatic rings. The molecular weight excluding hydrogens is 222 g/mol. The number of aryl methyl sites for hydroxylation is 2. The molecule has 0 fully saturated rings. The summed E-state index contributed by atoms with van der Waals surface area (Å²) in [6, 6.07) is 0.205. The van der Waals surface area contributed by atoms with Crippen LogP contribution < -0.4 is 10.6 Å². The van der Waals surface area contributed by atoms with Gasteiger partial charge in [-0.3, -0.25) is 4.79 Å². The van der Waals surface area contributed by atoms with Gasteiger partial charge in [0.1, 0.15) is 0 Å². The summed E-state index contributed by atoms with van der Waals surface area (Å²) in [5.74, 6) is 0.0764. The van der Waals surface area contributed by atoms with Gasteiger partial charge >= 0.3 is 0 Å². The van der Waals surface area contributed by atoms with Crippen LogP contribution in [0.2, 0.25) is 0 Å². The fourth-order valence-corrected chi connectivity index (χ4v) is 2.07. The van der Waals surface area contributed by atoms with E-state index >= 15 is 0 Å². The molecule has 0 spiro atoms. The summed E-state index contributed by atoms with van der Waals surface area (Å²) in [6.45, 7) is 8.58. The first kappa shape index (κ1) is 13.0. The number of nitrogens with zero attached hydrogens (tertiary/aromatic N) is 1. The first-order valence-corrected chi connectivity index (χ1v) is 6.28. The number of rotatable bonds is 5. The molecule has 0 aliphatic rings. The van der Waals surface area contributed by atoms with Crippen molar-refractivity contribution in [1.29, 1.82) is 0 Å². The Morgan fingerprint density at radius 3 is 2.62 bits per heavy atom. The fourth-order valence-electron chi connectivity index (χ4n) is 1.23. The number of amides is 1. The maximum absolute atomic E-state index is 11.3. The molecule has 0 bridgehead atoms. The van der Waals surface area contributed by atoms with E-state index in [-0.39, 0.29) is 11.9 Å². The Morgan fingerprint density at radius 2 is 2.12 bits per heavy atom. The maximum Gasteiger partial charge on any atom is 0.221 e. The number of thiazole rings is 1. The van der Waals surface area contributed by atoms with Crippen LogP contribution in [0.15, 0.2) is 0 Å². The Labute approximate surface area is 100 Å². The molecule has 0 atom stereocenters. The molecule has 4 nitrogen and oxygen atoms in total. The average molecular weight is 241 g/mol. The van der Waals surface area contributed by atoms with Crippen molar-refractivity contribution in [1.82, 2.24) is 10.3 Å². The third kappa shape index (κ3) is 4.18. The summed E-state index contributed by atoms with van der Waals surface area (Å²) in [4.78, 5) is 16.9. The van der Waals surface area contributed by atoms with Crippen molar-refractivity contribution in [2.75, 3.05) is 11.9 Å². The van der Waals surface area contributed by atoms with Crippen LogP contribution in [0.1, 0.15) is 30.8 Å². The highest BCUT2D eigenvalue weighted by atomic mass is 32.1. The molecule has 1 rings (SSSR count). The summed E-state index contributed by atoms with van der Waals surface area (Å²) < 4.78 is 0. The molecule has 0 aromatic carbocycles. The topological polar surface area (TPSA) is 54.0 Å². The van der Waals surface area contributed by atoms with Crippen molar-refractivity contribution < 1.29 is 4.79 Å². The van der Waals surface area contributed by atoms with E-state index < -0.39 is 0 Å². The summed E-state index contributed by atoms with van der Waals surface area (Å²) in [5.41, 5.74) is 1.05.